The maximum absolute atomic E-state index is 5.98. The Bertz CT molecular complexity index is 698. The molecule has 0 radical (unpaired) electrons. The molecule has 3 aromatic rings. The first-order valence-corrected chi connectivity index (χ1v) is 5.57. The van der Waals surface area contributed by atoms with Crippen molar-refractivity contribution in [3.05, 3.63) is 46.7 Å². The van der Waals surface area contributed by atoms with Gasteiger partial charge in [-0.15, -0.1) is 0 Å². The van der Waals surface area contributed by atoms with Crippen LogP contribution in [0.4, 0.5) is 0 Å². The van der Waals surface area contributed by atoms with Crippen LogP contribution in [-0.2, 0) is 0 Å². The topological polar surface area (TPSA) is 17.3 Å². The van der Waals surface area contributed by atoms with Gasteiger partial charge in [-0.1, -0.05) is 11.6 Å². The van der Waals surface area contributed by atoms with Crippen LogP contribution in [0.2, 0.25) is 5.02 Å². The van der Waals surface area contributed by atoms with E-state index in [0.29, 0.717) is 0 Å². The number of hydrogen-bond acceptors (Lipinski definition) is 1. The summed E-state index contributed by atoms with van der Waals surface area (Å²) in [5.74, 6) is 0. The summed E-state index contributed by atoms with van der Waals surface area (Å²) in [5.41, 5.74) is 4.39. The van der Waals surface area contributed by atoms with Crippen molar-refractivity contribution in [2.24, 2.45) is 0 Å². The highest BCUT2D eigenvalue weighted by molar-refractivity contribution is 6.31. The number of rotatable bonds is 0. The highest BCUT2D eigenvalue weighted by atomic mass is 35.5. The molecule has 0 saturated heterocycles. The van der Waals surface area contributed by atoms with Gasteiger partial charge in [-0.3, -0.25) is 0 Å². The van der Waals surface area contributed by atoms with Crippen molar-refractivity contribution in [2.75, 3.05) is 0 Å². The van der Waals surface area contributed by atoms with Crippen molar-refractivity contribution in [3.63, 3.8) is 0 Å². The molecule has 1 aromatic carbocycles. The lowest BCUT2D eigenvalue weighted by atomic mass is 10.2. The van der Waals surface area contributed by atoms with Gasteiger partial charge in [0.25, 0.3) is 0 Å². The highest BCUT2D eigenvalue weighted by Gasteiger charge is 2.05. The summed E-state index contributed by atoms with van der Waals surface area (Å²) >= 11 is 5.98. The van der Waals surface area contributed by atoms with Crippen molar-refractivity contribution < 1.29 is 0 Å². The zero-order chi connectivity index (χ0) is 11.3. The number of aryl methyl sites for hydroxylation is 2. The molecule has 0 amide bonds. The number of aromatic nitrogens is 2. The van der Waals surface area contributed by atoms with Gasteiger partial charge in [-0.05, 0) is 43.7 Å². The van der Waals surface area contributed by atoms with E-state index in [0.717, 1.165) is 27.3 Å². The summed E-state index contributed by atoms with van der Waals surface area (Å²) in [4.78, 5) is 4.56. The van der Waals surface area contributed by atoms with Gasteiger partial charge >= 0.3 is 0 Å². The first-order valence-electron chi connectivity index (χ1n) is 5.20. The Morgan fingerprint density at radius 1 is 1.19 bits per heavy atom. The van der Waals surface area contributed by atoms with Crippen LogP contribution in [0, 0.1) is 13.8 Å². The van der Waals surface area contributed by atoms with Crippen LogP contribution in [0.3, 0.4) is 0 Å². The van der Waals surface area contributed by atoms with Crippen LogP contribution < -0.4 is 0 Å². The molecule has 0 aliphatic heterocycles. The van der Waals surface area contributed by atoms with Gasteiger partial charge in [0.15, 0.2) is 0 Å². The Hall–Kier alpha value is -1.54. The van der Waals surface area contributed by atoms with E-state index in [-0.39, 0.29) is 0 Å². The minimum atomic E-state index is 0.761. The summed E-state index contributed by atoms with van der Waals surface area (Å²) in [6.45, 7) is 4.10. The van der Waals surface area contributed by atoms with Gasteiger partial charge in [0.2, 0.25) is 0 Å². The fraction of sp³-hybridized carbons (Fsp3) is 0.154. The molecular weight excluding hydrogens is 220 g/mol. The summed E-state index contributed by atoms with van der Waals surface area (Å²) in [6, 6.07) is 7.97. The zero-order valence-electron chi connectivity index (χ0n) is 9.16. The molecule has 0 aliphatic carbocycles. The quantitative estimate of drug-likeness (QED) is 0.575. The maximum atomic E-state index is 5.98. The molecule has 3 heteroatoms. The molecule has 0 unspecified atom stereocenters. The average molecular weight is 231 g/mol. The predicted molar refractivity (Wildman–Crippen MR) is 67.2 cm³/mol. The largest absolute Gasteiger partial charge is 0.301 e. The molecule has 2 aromatic heterocycles. The van der Waals surface area contributed by atoms with Gasteiger partial charge < -0.3 is 4.40 Å². The SMILES string of the molecule is Cc1cn2c(cc3cc(Cl)ccc32)nc1C. The van der Waals surface area contributed by atoms with Crippen LogP contribution in [0.25, 0.3) is 16.6 Å². The standard InChI is InChI=1S/C13H11ClN2/c1-8-7-16-12-4-3-11(14)5-10(12)6-13(16)15-9(8)2/h3-7H,1-2H3. The molecule has 0 bridgehead atoms. The molecule has 2 nitrogen and oxygen atoms in total. The number of nitrogens with zero attached hydrogens (tertiary/aromatic N) is 2. The molecule has 0 atom stereocenters. The lowest BCUT2D eigenvalue weighted by Gasteiger charge is -2.02. The van der Waals surface area contributed by atoms with Crippen LogP contribution >= 0.6 is 11.6 Å². The first-order chi connectivity index (χ1) is 7.65. The smallest absolute Gasteiger partial charge is 0.138 e. The van der Waals surface area contributed by atoms with Gasteiger partial charge in [0.1, 0.15) is 5.65 Å². The zero-order valence-corrected chi connectivity index (χ0v) is 9.92. The minimum Gasteiger partial charge on any atom is -0.301 e. The second kappa shape index (κ2) is 3.22. The molecule has 80 valence electrons. The predicted octanol–water partition coefficient (Wildman–Crippen LogP) is 3.76. The number of benzene rings is 1. The van der Waals surface area contributed by atoms with Crippen LogP contribution in [-0.4, -0.2) is 9.38 Å². The van der Waals surface area contributed by atoms with Gasteiger partial charge in [0.05, 0.1) is 5.52 Å². The van der Waals surface area contributed by atoms with Crippen LogP contribution in [0.5, 0.6) is 0 Å². The van der Waals surface area contributed by atoms with Crippen molar-refractivity contribution in [3.8, 4) is 0 Å². The van der Waals surface area contributed by atoms with E-state index in [1.165, 1.54) is 5.56 Å². The monoisotopic (exact) mass is 230 g/mol. The van der Waals surface area contributed by atoms with E-state index in [2.05, 4.69) is 28.6 Å². The third kappa shape index (κ3) is 1.30. The Morgan fingerprint density at radius 3 is 2.81 bits per heavy atom. The maximum Gasteiger partial charge on any atom is 0.138 e. The normalized spacial score (nSPS) is 11.4. The van der Waals surface area contributed by atoms with Crippen molar-refractivity contribution in [1.82, 2.24) is 9.38 Å². The van der Waals surface area contributed by atoms with Gasteiger partial charge in [-0.25, -0.2) is 4.98 Å². The molecule has 2 heterocycles. The molecule has 3 rings (SSSR count). The molecule has 0 spiro atoms. The molecule has 16 heavy (non-hydrogen) atoms. The Morgan fingerprint density at radius 2 is 2.00 bits per heavy atom. The summed E-state index contributed by atoms with van der Waals surface area (Å²) < 4.78 is 2.11. The third-order valence-electron chi connectivity index (χ3n) is 2.96. The van der Waals surface area contributed by atoms with Crippen molar-refractivity contribution in [1.29, 1.82) is 0 Å². The number of fused-ring (bicyclic) bond motifs is 3. The average Bonchev–Trinajstić information content (AvgIpc) is 2.55. The van der Waals surface area contributed by atoms with E-state index >= 15 is 0 Å². The second-order valence-corrected chi connectivity index (χ2v) is 4.52. The Labute approximate surface area is 98.5 Å². The van der Waals surface area contributed by atoms with E-state index < -0.39 is 0 Å². The lowest BCUT2D eigenvalue weighted by molar-refractivity contribution is 1.07. The number of hydrogen-bond donors (Lipinski definition) is 0. The molecule has 0 aliphatic rings. The summed E-state index contributed by atoms with van der Waals surface area (Å²) in [6.07, 6.45) is 2.12. The fourth-order valence-electron chi connectivity index (χ4n) is 1.96. The molecule has 0 fully saturated rings. The van der Waals surface area contributed by atoms with Crippen LogP contribution in [0.15, 0.2) is 30.5 Å². The van der Waals surface area contributed by atoms with Crippen LogP contribution in [0.1, 0.15) is 11.3 Å². The highest BCUT2D eigenvalue weighted by Crippen LogP contribution is 2.23. The van der Waals surface area contributed by atoms with Crippen molar-refractivity contribution in [2.45, 2.75) is 13.8 Å². The second-order valence-electron chi connectivity index (χ2n) is 4.09. The van der Waals surface area contributed by atoms with E-state index in [4.69, 9.17) is 11.6 Å². The third-order valence-corrected chi connectivity index (χ3v) is 3.19. The Kier molecular flexibility index (Phi) is 1.95. The van der Waals surface area contributed by atoms with E-state index in [1.807, 2.05) is 25.1 Å². The van der Waals surface area contributed by atoms with E-state index in [9.17, 15) is 0 Å². The van der Waals surface area contributed by atoms with Crippen molar-refractivity contribution >= 4 is 28.2 Å². The van der Waals surface area contributed by atoms with Gasteiger partial charge in [0, 0.05) is 22.3 Å². The molecule has 0 N–H and O–H groups in total. The summed E-state index contributed by atoms with van der Waals surface area (Å²) in [7, 11) is 0. The molecular formula is C13H11ClN2. The Balaban J connectivity index is 2.51. The molecule has 0 saturated carbocycles. The minimum absolute atomic E-state index is 0.761. The fourth-order valence-corrected chi connectivity index (χ4v) is 2.14. The first kappa shape index (κ1) is 9.67. The van der Waals surface area contributed by atoms with E-state index in [1.54, 1.807) is 0 Å². The lowest BCUT2D eigenvalue weighted by Crippen LogP contribution is -1.93. The van der Waals surface area contributed by atoms with Gasteiger partial charge in [-0.2, -0.15) is 0 Å². The number of halogens is 1. The summed E-state index contributed by atoms with van der Waals surface area (Å²) in [5, 5.41) is 1.89.